The van der Waals surface area contributed by atoms with E-state index in [4.69, 9.17) is 5.73 Å². The summed E-state index contributed by atoms with van der Waals surface area (Å²) < 4.78 is 39.4. The first-order valence-corrected chi connectivity index (χ1v) is 7.17. The molecule has 2 unspecified atom stereocenters. The van der Waals surface area contributed by atoms with E-state index < -0.39 is 17.8 Å². The maximum absolute atomic E-state index is 13.0. The molecule has 19 heavy (non-hydrogen) atoms. The first-order valence-electron chi connectivity index (χ1n) is 6.38. The van der Waals surface area contributed by atoms with E-state index in [2.05, 4.69) is 22.9 Å². The van der Waals surface area contributed by atoms with Crippen LogP contribution in [0.1, 0.15) is 50.3 Å². The lowest BCUT2D eigenvalue weighted by Gasteiger charge is -2.21. The first kappa shape index (κ1) is 16.5. The van der Waals surface area contributed by atoms with Gasteiger partial charge in [-0.2, -0.15) is 13.2 Å². The lowest BCUT2D eigenvalue weighted by atomic mass is 9.91. The molecule has 0 saturated carbocycles. The summed E-state index contributed by atoms with van der Waals surface area (Å²) in [6.07, 6.45) is -1.81. The minimum Gasteiger partial charge on any atom is -0.324 e. The highest BCUT2D eigenvalue weighted by atomic mass is 79.9. The van der Waals surface area contributed by atoms with Crippen LogP contribution in [0.3, 0.4) is 0 Å². The van der Waals surface area contributed by atoms with E-state index in [1.165, 1.54) is 6.07 Å². The van der Waals surface area contributed by atoms with Gasteiger partial charge in [0.2, 0.25) is 0 Å². The molecule has 0 amide bonds. The van der Waals surface area contributed by atoms with Gasteiger partial charge in [0.25, 0.3) is 0 Å². The largest absolute Gasteiger partial charge is 0.416 e. The molecule has 0 saturated heterocycles. The SMILES string of the molecule is CCCC(C)CC(N)c1ccc(Br)cc1C(F)(F)F. The molecule has 1 aromatic carbocycles. The van der Waals surface area contributed by atoms with Crippen LogP contribution in [0, 0.1) is 5.92 Å². The van der Waals surface area contributed by atoms with Crippen LogP contribution in [0.15, 0.2) is 22.7 Å². The summed E-state index contributed by atoms with van der Waals surface area (Å²) in [7, 11) is 0. The predicted molar refractivity (Wildman–Crippen MR) is 74.8 cm³/mol. The molecule has 0 aliphatic heterocycles. The molecule has 0 bridgehead atoms. The van der Waals surface area contributed by atoms with Crippen molar-refractivity contribution in [3.63, 3.8) is 0 Å². The maximum atomic E-state index is 13.0. The van der Waals surface area contributed by atoms with Crippen molar-refractivity contribution in [1.82, 2.24) is 0 Å². The Morgan fingerprint density at radius 2 is 1.95 bits per heavy atom. The van der Waals surface area contributed by atoms with Crippen molar-refractivity contribution in [2.45, 2.75) is 45.3 Å². The Balaban J connectivity index is 2.99. The minimum atomic E-state index is -4.37. The normalized spacial score (nSPS) is 15.3. The topological polar surface area (TPSA) is 26.0 Å². The average Bonchev–Trinajstić information content (AvgIpc) is 2.27. The Kier molecular flexibility index (Phi) is 5.86. The molecule has 0 radical (unpaired) electrons. The van der Waals surface area contributed by atoms with E-state index in [0.29, 0.717) is 16.8 Å². The van der Waals surface area contributed by atoms with Gasteiger partial charge in [0.15, 0.2) is 0 Å². The molecule has 5 heteroatoms. The minimum absolute atomic E-state index is 0.179. The molecule has 1 aromatic rings. The number of benzene rings is 1. The van der Waals surface area contributed by atoms with Crippen LogP contribution < -0.4 is 5.73 Å². The molecule has 2 atom stereocenters. The van der Waals surface area contributed by atoms with Crippen LogP contribution in [0.5, 0.6) is 0 Å². The van der Waals surface area contributed by atoms with Gasteiger partial charge in [0.1, 0.15) is 0 Å². The van der Waals surface area contributed by atoms with Crippen LogP contribution in [-0.2, 0) is 6.18 Å². The van der Waals surface area contributed by atoms with E-state index in [1.807, 2.05) is 6.92 Å². The Morgan fingerprint density at radius 1 is 1.32 bits per heavy atom. The summed E-state index contributed by atoms with van der Waals surface area (Å²) in [5.41, 5.74) is 5.50. The Morgan fingerprint density at radius 3 is 2.47 bits per heavy atom. The highest BCUT2D eigenvalue weighted by Gasteiger charge is 2.35. The molecule has 0 heterocycles. The number of halogens is 4. The van der Waals surface area contributed by atoms with Crippen LogP contribution >= 0.6 is 15.9 Å². The van der Waals surface area contributed by atoms with Crippen molar-refractivity contribution in [1.29, 1.82) is 0 Å². The van der Waals surface area contributed by atoms with Crippen LogP contribution in [-0.4, -0.2) is 0 Å². The molecule has 1 nitrogen and oxygen atoms in total. The van der Waals surface area contributed by atoms with Crippen molar-refractivity contribution in [3.05, 3.63) is 33.8 Å². The molecule has 108 valence electrons. The van der Waals surface area contributed by atoms with Gasteiger partial charge < -0.3 is 5.73 Å². The fourth-order valence-electron chi connectivity index (χ4n) is 2.27. The van der Waals surface area contributed by atoms with Crippen LogP contribution in [0.25, 0.3) is 0 Å². The standard InChI is InChI=1S/C14H19BrF3N/c1-3-4-9(2)7-13(19)11-6-5-10(15)8-12(11)14(16,17)18/h5-6,8-9,13H,3-4,7,19H2,1-2H3. The fraction of sp³-hybridized carbons (Fsp3) is 0.571. The van der Waals surface area contributed by atoms with Crippen molar-refractivity contribution in [2.24, 2.45) is 11.7 Å². The highest BCUT2D eigenvalue weighted by molar-refractivity contribution is 9.10. The maximum Gasteiger partial charge on any atom is 0.416 e. The molecule has 0 aliphatic carbocycles. The molecular weight excluding hydrogens is 319 g/mol. The monoisotopic (exact) mass is 337 g/mol. The Hall–Kier alpha value is -0.550. The van der Waals surface area contributed by atoms with Crippen molar-refractivity contribution in [2.75, 3.05) is 0 Å². The number of alkyl halides is 3. The Labute approximate surface area is 120 Å². The molecule has 0 spiro atoms. The number of rotatable bonds is 5. The molecular formula is C14H19BrF3N. The summed E-state index contributed by atoms with van der Waals surface area (Å²) in [5.74, 6) is 0.324. The zero-order valence-corrected chi connectivity index (χ0v) is 12.7. The van der Waals surface area contributed by atoms with Gasteiger partial charge in [-0.25, -0.2) is 0 Å². The van der Waals surface area contributed by atoms with E-state index in [0.717, 1.165) is 18.9 Å². The second-order valence-corrected chi connectivity index (χ2v) is 5.88. The molecule has 2 N–H and O–H groups in total. The molecule has 0 aliphatic rings. The number of hydrogen-bond donors (Lipinski definition) is 1. The van der Waals surface area contributed by atoms with Crippen molar-refractivity contribution >= 4 is 15.9 Å². The quantitative estimate of drug-likeness (QED) is 0.775. The third-order valence-electron chi connectivity index (χ3n) is 3.16. The van der Waals surface area contributed by atoms with Crippen molar-refractivity contribution in [3.8, 4) is 0 Å². The third kappa shape index (κ3) is 4.80. The first-order chi connectivity index (χ1) is 8.75. The smallest absolute Gasteiger partial charge is 0.324 e. The van der Waals surface area contributed by atoms with Crippen LogP contribution in [0.2, 0.25) is 0 Å². The van der Waals surface area contributed by atoms with Gasteiger partial charge in [-0.3, -0.25) is 0 Å². The second-order valence-electron chi connectivity index (χ2n) is 4.97. The van der Waals surface area contributed by atoms with E-state index >= 15 is 0 Å². The predicted octanol–water partition coefficient (Wildman–Crippen LogP) is 5.29. The van der Waals surface area contributed by atoms with Gasteiger partial charge in [-0.15, -0.1) is 0 Å². The van der Waals surface area contributed by atoms with E-state index in [1.54, 1.807) is 6.07 Å². The summed E-state index contributed by atoms with van der Waals surface area (Å²) in [6, 6.07) is 3.59. The lowest BCUT2D eigenvalue weighted by Crippen LogP contribution is -2.19. The van der Waals surface area contributed by atoms with Gasteiger partial charge >= 0.3 is 6.18 Å². The van der Waals surface area contributed by atoms with E-state index in [-0.39, 0.29) is 5.56 Å². The summed E-state index contributed by atoms with van der Waals surface area (Å²) >= 11 is 3.07. The van der Waals surface area contributed by atoms with E-state index in [9.17, 15) is 13.2 Å². The number of hydrogen-bond acceptors (Lipinski definition) is 1. The summed E-state index contributed by atoms with van der Waals surface area (Å²) in [4.78, 5) is 0. The van der Waals surface area contributed by atoms with Gasteiger partial charge in [0, 0.05) is 10.5 Å². The number of nitrogens with two attached hydrogens (primary N) is 1. The Bertz CT molecular complexity index is 418. The molecule has 0 aromatic heterocycles. The fourth-order valence-corrected chi connectivity index (χ4v) is 2.63. The highest BCUT2D eigenvalue weighted by Crippen LogP contribution is 2.37. The van der Waals surface area contributed by atoms with Crippen molar-refractivity contribution < 1.29 is 13.2 Å². The molecule has 0 fully saturated rings. The summed E-state index contributed by atoms with van der Waals surface area (Å²) in [6.45, 7) is 4.08. The van der Waals surface area contributed by atoms with Crippen LogP contribution in [0.4, 0.5) is 13.2 Å². The average molecular weight is 338 g/mol. The lowest BCUT2D eigenvalue weighted by molar-refractivity contribution is -0.138. The second kappa shape index (κ2) is 6.75. The van der Waals surface area contributed by atoms with Gasteiger partial charge in [-0.1, -0.05) is 48.7 Å². The zero-order valence-electron chi connectivity index (χ0n) is 11.1. The molecule has 1 rings (SSSR count). The summed E-state index contributed by atoms with van der Waals surface area (Å²) in [5, 5.41) is 0. The van der Waals surface area contributed by atoms with Gasteiger partial charge in [0.05, 0.1) is 5.56 Å². The third-order valence-corrected chi connectivity index (χ3v) is 3.65. The van der Waals surface area contributed by atoms with Gasteiger partial charge in [-0.05, 0) is 30.0 Å². The zero-order chi connectivity index (χ0) is 14.6.